The summed E-state index contributed by atoms with van der Waals surface area (Å²) in [6.07, 6.45) is 2.58. The summed E-state index contributed by atoms with van der Waals surface area (Å²) in [5, 5.41) is 0. The molecule has 0 aliphatic heterocycles. The van der Waals surface area contributed by atoms with Crippen molar-refractivity contribution < 1.29 is 12.6 Å². The van der Waals surface area contributed by atoms with Gasteiger partial charge in [0, 0.05) is 42.1 Å². The van der Waals surface area contributed by atoms with Gasteiger partial charge < -0.3 is 0 Å². The van der Waals surface area contributed by atoms with Crippen LogP contribution in [0.25, 0.3) is 0 Å². The third-order valence-electron chi connectivity index (χ3n) is 1.60. The van der Waals surface area contributed by atoms with Gasteiger partial charge >= 0.3 is 0 Å². The minimum atomic E-state index is -3.79. The van der Waals surface area contributed by atoms with E-state index in [0.717, 1.165) is 5.56 Å². The third-order valence-corrected chi connectivity index (χ3v) is 4.69. The quantitative estimate of drug-likeness (QED) is 0.754. The van der Waals surface area contributed by atoms with Crippen LogP contribution in [0.15, 0.2) is 32.9 Å². The first-order valence-electron chi connectivity index (χ1n) is 4.21. The van der Waals surface area contributed by atoms with Gasteiger partial charge in [-0.3, -0.25) is 0 Å². The Morgan fingerprint density at radius 3 is 1.81 bits per heavy atom. The summed E-state index contributed by atoms with van der Waals surface area (Å²) in [6.45, 7) is 1.86. The van der Waals surface area contributed by atoms with Crippen LogP contribution in [0.5, 0.6) is 0 Å². The van der Waals surface area contributed by atoms with Gasteiger partial charge in [-0.15, -0.1) is 3.77 Å². The molecule has 85 valence electrons. The molecule has 0 fully saturated rings. The van der Waals surface area contributed by atoms with E-state index in [1.165, 1.54) is 24.6 Å². The molecule has 0 atom stereocenters. The van der Waals surface area contributed by atoms with Gasteiger partial charge in [0.05, 0.1) is 14.6 Å². The molecule has 0 heterocycles. The smallest absolute Gasteiger partial charge is 0.249 e. The zero-order valence-electron chi connectivity index (χ0n) is 9.80. The SMILES string of the molecule is Cc1ccc(S(=O)(=O)N=S(C)(C)=O)cc1.[Na]. The Morgan fingerprint density at radius 2 is 1.44 bits per heavy atom. The summed E-state index contributed by atoms with van der Waals surface area (Å²) in [5.74, 6) is 0. The molecule has 0 N–H and O–H groups in total. The van der Waals surface area contributed by atoms with Crippen LogP contribution in [0.1, 0.15) is 5.56 Å². The number of sulfonamides is 1. The predicted molar refractivity (Wildman–Crippen MR) is 66.5 cm³/mol. The Bertz CT molecular complexity index is 561. The number of hydrogen-bond acceptors (Lipinski definition) is 3. The Morgan fingerprint density at radius 1 is 1.00 bits per heavy atom. The summed E-state index contributed by atoms with van der Waals surface area (Å²) in [5.41, 5.74) is 0.961. The molecule has 0 amide bonds. The third kappa shape index (κ3) is 4.97. The number of hydrogen-bond donors (Lipinski definition) is 0. The van der Waals surface area contributed by atoms with Gasteiger partial charge in [-0.1, -0.05) is 17.7 Å². The maximum Gasteiger partial charge on any atom is 0.290 e. The topological polar surface area (TPSA) is 63.6 Å². The van der Waals surface area contributed by atoms with Crippen molar-refractivity contribution in [3.05, 3.63) is 29.8 Å². The second-order valence-electron chi connectivity index (χ2n) is 3.54. The summed E-state index contributed by atoms with van der Waals surface area (Å²) >= 11 is 0. The second-order valence-corrected chi connectivity index (χ2v) is 7.92. The molecule has 1 radical (unpaired) electrons. The van der Waals surface area contributed by atoms with Crippen molar-refractivity contribution in [1.29, 1.82) is 0 Å². The van der Waals surface area contributed by atoms with Crippen LogP contribution in [-0.2, 0) is 19.8 Å². The molecule has 0 spiro atoms. The fourth-order valence-electron chi connectivity index (χ4n) is 0.990. The van der Waals surface area contributed by atoms with E-state index in [9.17, 15) is 12.6 Å². The van der Waals surface area contributed by atoms with Gasteiger partial charge in [-0.05, 0) is 19.1 Å². The molecule has 0 saturated carbocycles. The van der Waals surface area contributed by atoms with E-state index in [0.29, 0.717) is 0 Å². The van der Waals surface area contributed by atoms with Gasteiger partial charge in [0.1, 0.15) is 0 Å². The Labute approximate surface area is 119 Å². The van der Waals surface area contributed by atoms with Crippen molar-refractivity contribution >= 4 is 49.3 Å². The molecule has 1 aromatic carbocycles. The number of aryl methyl sites for hydroxylation is 1. The predicted octanol–water partition coefficient (Wildman–Crippen LogP) is 1.03. The van der Waals surface area contributed by atoms with Crippen LogP contribution in [-0.4, -0.2) is 54.7 Å². The maximum absolute atomic E-state index is 11.6. The molecule has 0 unspecified atom stereocenters. The van der Waals surface area contributed by atoms with Crippen LogP contribution in [0.2, 0.25) is 0 Å². The van der Waals surface area contributed by atoms with E-state index in [4.69, 9.17) is 0 Å². The van der Waals surface area contributed by atoms with E-state index in [-0.39, 0.29) is 34.5 Å². The van der Waals surface area contributed by atoms with Gasteiger partial charge in [0.2, 0.25) is 0 Å². The van der Waals surface area contributed by atoms with E-state index < -0.39 is 19.8 Å². The standard InChI is InChI=1S/C9H13NO3S2.Na/c1-8-4-6-9(7-5-8)15(12,13)10-14(2,3)11;/h4-7H,1-3H3;. The number of nitrogens with zero attached hydrogens (tertiary/aromatic N) is 1. The first-order valence-corrected chi connectivity index (χ1v) is 7.98. The van der Waals surface area contributed by atoms with E-state index in [1.807, 2.05) is 6.92 Å². The Hall–Kier alpha value is 0.120. The molecule has 0 aliphatic rings. The molecule has 4 nitrogen and oxygen atoms in total. The maximum atomic E-state index is 11.6. The average molecular weight is 270 g/mol. The molecule has 7 heteroatoms. The summed E-state index contributed by atoms with van der Waals surface area (Å²) in [4.78, 5) is 0.0736. The molecular formula is C9H13NNaO3S2. The van der Waals surface area contributed by atoms with Crippen LogP contribution in [0.4, 0.5) is 0 Å². The van der Waals surface area contributed by atoms with Crippen molar-refractivity contribution in [2.75, 3.05) is 12.5 Å². The van der Waals surface area contributed by atoms with Gasteiger partial charge in [0.15, 0.2) is 0 Å². The van der Waals surface area contributed by atoms with Crippen molar-refractivity contribution in [2.45, 2.75) is 11.8 Å². The molecule has 16 heavy (non-hydrogen) atoms. The van der Waals surface area contributed by atoms with Crippen molar-refractivity contribution in [3.8, 4) is 0 Å². The summed E-state index contributed by atoms with van der Waals surface area (Å²) in [7, 11) is -6.44. The zero-order valence-corrected chi connectivity index (χ0v) is 13.4. The molecule has 1 rings (SSSR count). The van der Waals surface area contributed by atoms with E-state index in [2.05, 4.69) is 3.77 Å². The molecule has 0 bridgehead atoms. The summed E-state index contributed by atoms with van der Waals surface area (Å²) in [6, 6.07) is 6.27. The Balaban J connectivity index is 0.00000225. The average Bonchev–Trinajstić information content (AvgIpc) is 2.00. The van der Waals surface area contributed by atoms with Crippen LogP contribution in [0.3, 0.4) is 0 Å². The number of benzene rings is 1. The molecule has 0 aliphatic carbocycles. The molecule has 0 aromatic heterocycles. The molecule has 1 aromatic rings. The summed E-state index contributed by atoms with van der Waals surface area (Å²) < 4.78 is 37.9. The first kappa shape index (κ1) is 16.1. The Kier molecular flexibility index (Phi) is 5.68. The zero-order chi connectivity index (χ0) is 11.7. The fourth-order valence-corrected chi connectivity index (χ4v) is 3.70. The minimum absolute atomic E-state index is 0. The van der Waals surface area contributed by atoms with E-state index >= 15 is 0 Å². The first-order chi connectivity index (χ1) is 6.71. The van der Waals surface area contributed by atoms with Crippen molar-refractivity contribution in [2.24, 2.45) is 3.77 Å². The van der Waals surface area contributed by atoms with Crippen LogP contribution < -0.4 is 0 Å². The van der Waals surface area contributed by atoms with Crippen molar-refractivity contribution in [3.63, 3.8) is 0 Å². The molecule has 0 saturated heterocycles. The van der Waals surface area contributed by atoms with Crippen LogP contribution >= 0.6 is 0 Å². The minimum Gasteiger partial charge on any atom is -0.249 e. The number of rotatable bonds is 2. The van der Waals surface area contributed by atoms with Crippen LogP contribution in [0, 0.1) is 6.92 Å². The van der Waals surface area contributed by atoms with Gasteiger partial charge in [-0.25, -0.2) is 4.21 Å². The van der Waals surface area contributed by atoms with Gasteiger partial charge in [0.25, 0.3) is 10.0 Å². The second kappa shape index (κ2) is 5.64. The van der Waals surface area contributed by atoms with Crippen molar-refractivity contribution in [1.82, 2.24) is 0 Å². The fraction of sp³-hybridized carbons (Fsp3) is 0.333. The van der Waals surface area contributed by atoms with E-state index in [1.54, 1.807) is 12.1 Å². The monoisotopic (exact) mass is 270 g/mol. The van der Waals surface area contributed by atoms with Gasteiger partial charge in [-0.2, -0.15) is 8.42 Å². The normalized spacial score (nSPS) is 11.7. The largest absolute Gasteiger partial charge is 0.290 e. The molecular weight excluding hydrogens is 257 g/mol.